The van der Waals surface area contributed by atoms with E-state index in [4.69, 9.17) is 16.3 Å². The maximum Gasteiger partial charge on any atom is 0.242 e. The molecule has 162 valence electrons. The lowest BCUT2D eigenvalue weighted by Crippen LogP contribution is -2.45. The van der Waals surface area contributed by atoms with Crippen LogP contribution in [0.5, 0.6) is 5.75 Å². The highest BCUT2D eigenvalue weighted by atomic mass is 79.9. The molecule has 0 fully saturated rings. The van der Waals surface area contributed by atoms with Gasteiger partial charge in [0.1, 0.15) is 11.8 Å². The number of hydrogen-bond donors (Lipinski definition) is 2. The second-order valence-electron chi connectivity index (χ2n) is 6.66. The molecule has 0 saturated carbocycles. The first-order chi connectivity index (χ1) is 14.8. The van der Waals surface area contributed by atoms with Crippen LogP contribution in [0.25, 0.3) is 0 Å². The van der Waals surface area contributed by atoms with Crippen LogP contribution in [0.15, 0.2) is 82.2 Å². The quantitative estimate of drug-likeness (QED) is 0.451. The van der Waals surface area contributed by atoms with Crippen molar-refractivity contribution in [3.8, 4) is 5.75 Å². The molecule has 6 nitrogen and oxygen atoms in total. The molecule has 0 spiro atoms. The first-order valence-electron chi connectivity index (χ1n) is 9.25. The maximum absolute atomic E-state index is 13.0. The van der Waals surface area contributed by atoms with Gasteiger partial charge < -0.3 is 10.1 Å². The Morgan fingerprint density at radius 1 is 1.06 bits per heavy atom. The number of anilines is 1. The van der Waals surface area contributed by atoms with Crippen LogP contribution >= 0.6 is 27.5 Å². The first kappa shape index (κ1) is 23.3. The van der Waals surface area contributed by atoms with Crippen LogP contribution in [-0.4, -0.2) is 27.5 Å². The van der Waals surface area contributed by atoms with Crippen LogP contribution in [0, 0.1) is 0 Å². The van der Waals surface area contributed by atoms with Gasteiger partial charge in [-0.2, -0.15) is 4.72 Å². The molecule has 0 bridgehead atoms. The van der Waals surface area contributed by atoms with Gasteiger partial charge in [-0.3, -0.25) is 4.79 Å². The molecule has 0 aliphatic heterocycles. The van der Waals surface area contributed by atoms with E-state index in [0.717, 1.165) is 10.0 Å². The SMILES string of the molecule is COc1ccc(NC(=O)[C@H](Cc2ccccc2)NS(=O)(=O)c2ccc(Br)cc2)cc1Cl. The van der Waals surface area contributed by atoms with Crippen LogP contribution in [0.2, 0.25) is 5.02 Å². The van der Waals surface area contributed by atoms with Gasteiger partial charge >= 0.3 is 0 Å². The molecule has 3 aromatic rings. The highest BCUT2D eigenvalue weighted by Gasteiger charge is 2.26. The highest BCUT2D eigenvalue weighted by molar-refractivity contribution is 9.10. The largest absolute Gasteiger partial charge is 0.495 e. The Kier molecular flexibility index (Phi) is 7.72. The summed E-state index contributed by atoms with van der Waals surface area (Å²) in [4.78, 5) is 13.1. The van der Waals surface area contributed by atoms with E-state index < -0.39 is 22.0 Å². The van der Waals surface area contributed by atoms with E-state index in [1.807, 2.05) is 30.3 Å². The standard InChI is InChI=1S/C22H20BrClN2O4S/c1-30-21-12-9-17(14-19(21)24)25-22(27)20(13-15-5-3-2-4-6-15)26-31(28,29)18-10-7-16(23)8-11-18/h2-12,14,20,26H,13H2,1H3,(H,25,27)/t20-/m0/s1. The van der Waals surface area contributed by atoms with Crippen molar-refractivity contribution in [2.45, 2.75) is 17.4 Å². The van der Waals surface area contributed by atoms with Crippen molar-refractivity contribution in [1.82, 2.24) is 4.72 Å². The summed E-state index contributed by atoms with van der Waals surface area (Å²) in [6, 6.07) is 19.1. The van der Waals surface area contributed by atoms with Crippen LogP contribution in [-0.2, 0) is 21.2 Å². The Hall–Kier alpha value is -2.39. The fourth-order valence-electron chi connectivity index (χ4n) is 2.88. The van der Waals surface area contributed by atoms with Gasteiger partial charge in [-0.05, 0) is 54.4 Å². The molecule has 2 N–H and O–H groups in total. The van der Waals surface area contributed by atoms with E-state index in [2.05, 4.69) is 26.0 Å². The zero-order chi connectivity index (χ0) is 22.4. The molecule has 9 heteroatoms. The normalized spacial score (nSPS) is 12.2. The summed E-state index contributed by atoms with van der Waals surface area (Å²) in [7, 11) is -2.44. The third-order valence-electron chi connectivity index (χ3n) is 4.44. The predicted molar refractivity (Wildman–Crippen MR) is 125 cm³/mol. The van der Waals surface area contributed by atoms with Gasteiger partial charge in [-0.1, -0.05) is 57.9 Å². The van der Waals surface area contributed by atoms with E-state index in [1.165, 1.54) is 19.2 Å². The van der Waals surface area contributed by atoms with Crippen LogP contribution in [0.3, 0.4) is 0 Å². The number of sulfonamides is 1. The second kappa shape index (κ2) is 10.3. The summed E-state index contributed by atoms with van der Waals surface area (Å²) >= 11 is 9.41. The third kappa shape index (κ3) is 6.30. The van der Waals surface area contributed by atoms with E-state index in [0.29, 0.717) is 16.5 Å². The number of amides is 1. The lowest BCUT2D eigenvalue weighted by atomic mass is 10.1. The molecule has 0 aliphatic carbocycles. The monoisotopic (exact) mass is 522 g/mol. The van der Waals surface area contributed by atoms with Crippen molar-refractivity contribution in [2.75, 3.05) is 12.4 Å². The number of carbonyl (C=O) groups is 1. The average molecular weight is 524 g/mol. The average Bonchev–Trinajstić information content (AvgIpc) is 2.74. The van der Waals surface area contributed by atoms with Crippen molar-refractivity contribution >= 4 is 49.1 Å². The number of benzene rings is 3. The Bertz CT molecular complexity index is 1160. The zero-order valence-electron chi connectivity index (χ0n) is 16.5. The van der Waals surface area contributed by atoms with Crippen molar-refractivity contribution in [2.24, 2.45) is 0 Å². The van der Waals surface area contributed by atoms with Gasteiger partial charge in [0, 0.05) is 10.2 Å². The van der Waals surface area contributed by atoms with Crippen LogP contribution < -0.4 is 14.8 Å². The van der Waals surface area contributed by atoms with Gasteiger partial charge in [0.05, 0.1) is 17.0 Å². The van der Waals surface area contributed by atoms with E-state index in [1.54, 1.807) is 30.3 Å². The van der Waals surface area contributed by atoms with Crippen molar-refractivity contribution in [3.63, 3.8) is 0 Å². The minimum atomic E-state index is -3.93. The first-order valence-corrected chi connectivity index (χ1v) is 11.9. The molecule has 3 rings (SSSR count). The van der Waals surface area contributed by atoms with Crippen molar-refractivity contribution in [1.29, 1.82) is 0 Å². The molecule has 0 heterocycles. The number of nitrogens with one attached hydrogen (secondary N) is 2. The summed E-state index contributed by atoms with van der Waals surface area (Å²) in [5, 5.41) is 3.05. The van der Waals surface area contributed by atoms with Gasteiger partial charge in [-0.15, -0.1) is 0 Å². The molecule has 31 heavy (non-hydrogen) atoms. The van der Waals surface area contributed by atoms with E-state index >= 15 is 0 Å². The topological polar surface area (TPSA) is 84.5 Å². The molecule has 0 aromatic heterocycles. The lowest BCUT2D eigenvalue weighted by Gasteiger charge is -2.19. The highest BCUT2D eigenvalue weighted by Crippen LogP contribution is 2.27. The molecule has 1 amide bonds. The molecule has 0 unspecified atom stereocenters. The molecule has 1 atom stereocenters. The summed E-state index contributed by atoms with van der Waals surface area (Å²) in [6.45, 7) is 0. The number of carbonyl (C=O) groups excluding carboxylic acids is 1. The molecule has 0 radical (unpaired) electrons. The number of halogens is 2. The van der Waals surface area contributed by atoms with Gasteiger partial charge in [-0.25, -0.2) is 8.42 Å². The van der Waals surface area contributed by atoms with E-state index in [-0.39, 0.29) is 11.3 Å². The van der Waals surface area contributed by atoms with Crippen molar-refractivity contribution in [3.05, 3.63) is 87.9 Å². The minimum absolute atomic E-state index is 0.0639. The van der Waals surface area contributed by atoms with Gasteiger partial charge in [0.15, 0.2) is 0 Å². The molecular formula is C22H20BrClN2O4S. The minimum Gasteiger partial charge on any atom is -0.495 e. The second-order valence-corrected chi connectivity index (χ2v) is 9.69. The van der Waals surface area contributed by atoms with Gasteiger partial charge in [0.25, 0.3) is 0 Å². The Balaban J connectivity index is 1.85. The zero-order valence-corrected chi connectivity index (χ0v) is 19.7. The van der Waals surface area contributed by atoms with Gasteiger partial charge in [0.2, 0.25) is 15.9 Å². The Labute approximate surface area is 194 Å². The number of ether oxygens (including phenoxy) is 1. The molecule has 3 aromatic carbocycles. The fourth-order valence-corrected chi connectivity index (χ4v) is 4.60. The number of rotatable bonds is 8. The third-order valence-corrected chi connectivity index (χ3v) is 6.75. The maximum atomic E-state index is 13.0. The van der Waals surface area contributed by atoms with Crippen LogP contribution in [0.4, 0.5) is 5.69 Å². The summed E-state index contributed by atoms with van der Waals surface area (Å²) in [5.74, 6) is -0.0396. The summed E-state index contributed by atoms with van der Waals surface area (Å²) in [5.41, 5.74) is 1.24. The molecule has 0 aliphatic rings. The summed E-state index contributed by atoms with van der Waals surface area (Å²) in [6.07, 6.45) is 0.173. The molecule has 0 saturated heterocycles. The predicted octanol–water partition coefficient (Wildman–Crippen LogP) is 4.64. The summed E-state index contributed by atoms with van der Waals surface area (Å²) < 4.78 is 34.2. The van der Waals surface area contributed by atoms with Crippen molar-refractivity contribution < 1.29 is 17.9 Å². The Morgan fingerprint density at radius 2 is 1.74 bits per heavy atom. The van der Waals surface area contributed by atoms with E-state index in [9.17, 15) is 13.2 Å². The number of hydrogen-bond acceptors (Lipinski definition) is 4. The molecular weight excluding hydrogens is 504 g/mol. The smallest absolute Gasteiger partial charge is 0.242 e. The van der Waals surface area contributed by atoms with Crippen LogP contribution in [0.1, 0.15) is 5.56 Å². The fraction of sp³-hybridized carbons (Fsp3) is 0.136. The lowest BCUT2D eigenvalue weighted by molar-refractivity contribution is -0.117. The Morgan fingerprint density at radius 3 is 2.35 bits per heavy atom. The number of methoxy groups -OCH3 is 1.